The normalized spacial score (nSPS) is 16.8. The van der Waals surface area contributed by atoms with Gasteiger partial charge in [0.05, 0.1) is 24.1 Å². The molecule has 1 unspecified atom stereocenters. The van der Waals surface area contributed by atoms with Crippen molar-refractivity contribution in [1.29, 1.82) is 0 Å². The van der Waals surface area contributed by atoms with E-state index in [1.165, 1.54) is 0 Å². The summed E-state index contributed by atoms with van der Waals surface area (Å²) in [6.45, 7) is 0.878. The number of nitrogens with one attached hydrogen (secondary N) is 2. The molecule has 0 fully saturated rings. The summed E-state index contributed by atoms with van der Waals surface area (Å²) in [6.07, 6.45) is 0.0862. The van der Waals surface area contributed by atoms with Gasteiger partial charge in [-0.05, 0) is 12.1 Å². The Kier molecular flexibility index (Phi) is 3.57. The van der Waals surface area contributed by atoms with E-state index in [4.69, 9.17) is 4.74 Å². The minimum Gasteiger partial charge on any atom is -0.383 e. The Morgan fingerprint density at radius 2 is 2.29 bits per heavy atom. The summed E-state index contributed by atoms with van der Waals surface area (Å²) < 4.78 is 6.66. The van der Waals surface area contributed by atoms with Crippen LogP contribution in [0, 0.1) is 0 Å². The molecule has 7 nitrogen and oxygen atoms in total. The Morgan fingerprint density at radius 3 is 3.10 bits per heavy atom. The van der Waals surface area contributed by atoms with Gasteiger partial charge in [0.15, 0.2) is 0 Å². The molecule has 1 aliphatic rings. The topological polar surface area (TPSA) is 85.2 Å². The van der Waals surface area contributed by atoms with E-state index >= 15 is 0 Å². The highest BCUT2D eigenvalue weighted by Crippen LogP contribution is 2.31. The average molecular weight is 288 g/mol. The monoisotopic (exact) mass is 288 g/mol. The molecule has 0 bridgehead atoms. The minimum absolute atomic E-state index is 0.0862. The first-order chi connectivity index (χ1) is 10.2. The van der Waals surface area contributed by atoms with Crippen molar-refractivity contribution >= 4 is 28.8 Å². The molecule has 1 aliphatic heterocycles. The Balaban J connectivity index is 1.81. The molecule has 110 valence electrons. The molecule has 1 aromatic carbocycles. The molecule has 2 aromatic rings. The number of nitrogens with zero attached hydrogens (tertiary/aromatic N) is 2. The molecule has 0 aliphatic carbocycles. The Hall–Kier alpha value is -2.41. The van der Waals surface area contributed by atoms with Gasteiger partial charge < -0.3 is 10.1 Å². The summed E-state index contributed by atoms with van der Waals surface area (Å²) in [5.74, 6) is 0.110. The largest absolute Gasteiger partial charge is 0.383 e. The van der Waals surface area contributed by atoms with Crippen molar-refractivity contribution in [2.24, 2.45) is 0 Å². The molecule has 2 amide bonds. The van der Waals surface area contributed by atoms with Gasteiger partial charge in [-0.3, -0.25) is 19.5 Å². The van der Waals surface area contributed by atoms with Crippen LogP contribution in [0.25, 0.3) is 11.0 Å². The molecular formula is C14H16N4O3. The zero-order valence-corrected chi connectivity index (χ0v) is 11.6. The molecule has 1 atom stereocenters. The number of ether oxygens (including phenoxy) is 1. The van der Waals surface area contributed by atoms with Gasteiger partial charge >= 0.3 is 0 Å². The quantitative estimate of drug-likeness (QED) is 0.792. The maximum Gasteiger partial charge on any atom is 0.250 e. The van der Waals surface area contributed by atoms with E-state index < -0.39 is 6.04 Å². The van der Waals surface area contributed by atoms with Gasteiger partial charge in [-0.25, -0.2) is 4.98 Å². The fourth-order valence-corrected chi connectivity index (χ4v) is 2.48. The number of imidazole rings is 1. The van der Waals surface area contributed by atoms with Crippen LogP contribution in [0.5, 0.6) is 0 Å². The van der Waals surface area contributed by atoms with Crippen LogP contribution in [0.15, 0.2) is 24.3 Å². The van der Waals surface area contributed by atoms with E-state index in [-0.39, 0.29) is 18.2 Å². The Morgan fingerprint density at radius 1 is 1.48 bits per heavy atom. The van der Waals surface area contributed by atoms with Gasteiger partial charge in [0.2, 0.25) is 17.8 Å². The molecule has 0 saturated carbocycles. The van der Waals surface area contributed by atoms with E-state index in [1.807, 2.05) is 24.3 Å². The summed E-state index contributed by atoms with van der Waals surface area (Å²) in [5.41, 5.74) is 1.65. The lowest BCUT2D eigenvalue weighted by molar-refractivity contribution is -0.126. The van der Waals surface area contributed by atoms with Crippen LogP contribution in [0.2, 0.25) is 0 Å². The third kappa shape index (κ3) is 2.47. The number of hydrogen-bond acceptors (Lipinski definition) is 4. The lowest BCUT2D eigenvalue weighted by atomic mass is 10.2. The first kappa shape index (κ1) is 13.6. The third-order valence-electron chi connectivity index (χ3n) is 3.45. The van der Waals surface area contributed by atoms with Crippen molar-refractivity contribution in [3.05, 3.63) is 24.3 Å². The number of anilines is 1. The van der Waals surface area contributed by atoms with Crippen LogP contribution in [-0.2, 0) is 14.3 Å². The lowest BCUT2D eigenvalue weighted by Crippen LogP contribution is -2.30. The zero-order chi connectivity index (χ0) is 14.8. The zero-order valence-electron chi connectivity index (χ0n) is 11.6. The summed E-state index contributed by atoms with van der Waals surface area (Å²) in [6, 6.07) is 6.98. The Labute approximate surface area is 121 Å². The number of para-hydroxylation sites is 2. The second kappa shape index (κ2) is 5.53. The van der Waals surface area contributed by atoms with Crippen molar-refractivity contribution in [3.8, 4) is 0 Å². The van der Waals surface area contributed by atoms with Crippen LogP contribution in [0.4, 0.5) is 5.95 Å². The van der Waals surface area contributed by atoms with Crippen molar-refractivity contribution in [2.75, 3.05) is 25.6 Å². The van der Waals surface area contributed by atoms with Crippen molar-refractivity contribution in [1.82, 2.24) is 14.9 Å². The lowest BCUT2D eigenvalue weighted by Gasteiger charge is -2.11. The third-order valence-corrected chi connectivity index (χ3v) is 3.45. The van der Waals surface area contributed by atoms with E-state index in [0.717, 1.165) is 11.0 Å². The molecule has 3 rings (SSSR count). The second-order valence-electron chi connectivity index (χ2n) is 4.85. The number of rotatable bonds is 5. The molecule has 0 radical (unpaired) electrons. The van der Waals surface area contributed by atoms with Gasteiger partial charge in [0.25, 0.3) is 0 Å². The first-order valence-electron chi connectivity index (χ1n) is 6.74. The van der Waals surface area contributed by atoms with Gasteiger partial charge in [0, 0.05) is 13.7 Å². The van der Waals surface area contributed by atoms with Crippen molar-refractivity contribution in [3.63, 3.8) is 0 Å². The Bertz CT molecular complexity index is 695. The van der Waals surface area contributed by atoms with Crippen molar-refractivity contribution < 1.29 is 14.3 Å². The number of methoxy groups -OCH3 is 1. The van der Waals surface area contributed by atoms with Crippen LogP contribution >= 0.6 is 0 Å². The van der Waals surface area contributed by atoms with Crippen LogP contribution in [0.1, 0.15) is 12.5 Å². The standard InChI is InChI=1S/C14H16N4O3/c1-21-7-6-15-12(19)8-11-13(20)17-14-16-9-4-2-3-5-10(9)18(11)14/h2-5,11H,6-8H2,1H3,(H,15,19)(H,16,17,20). The fraction of sp³-hybridized carbons (Fsp3) is 0.357. The van der Waals surface area contributed by atoms with Crippen molar-refractivity contribution in [2.45, 2.75) is 12.5 Å². The summed E-state index contributed by atoms with van der Waals surface area (Å²) >= 11 is 0. The minimum atomic E-state index is -0.560. The first-order valence-corrected chi connectivity index (χ1v) is 6.74. The van der Waals surface area contributed by atoms with Gasteiger partial charge in [0.1, 0.15) is 6.04 Å². The number of hydrogen-bond donors (Lipinski definition) is 2. The second-order valence-corrected chi connectivity index (χ2v) is 4.85. The molecule has 0 saturated heterocycles. The highest BCUT2D eigenvalue weighted by Gasteiger charge is 2.34. The number of carbonyl (C=O) groups is 2. The smallest absolute Gasteiger partial charge is 0.250 e. The highest BCUT2D eigenvalue weighted by molar-refractivity contribution is 6.01. The number of fused-ring (bicyclic) bond motifs is 3. The van der Waals surface area contributed by atoms with E-state index in [9.17, 15) is 9.59 Å². The predicted molar refractivity (Wildman–Crippen MR) is 76.9 cm³/mol. The van der Waals surface area contributed by atoms with E-state index in [0.29, 0.717) is 19.1 Å². The van der Waals surface area contributed by atoms with Gasteiger partial charge in [-0.1, -0.05) is 12.1 Å². The highest BCUT2D eigenvalue weighted by atomic mass is 16.5. The molecule has 0 spiro atoms. The molecular weight excluding hydrogens is 272 g/mol. The number of benzene rings is 1. The maximum absolute atomic E-state index is 12.0. The van der Waals surface area contributed by atoms with E-state index in [1.54, 1.807) is 11.7 Å². The average Bonchev–Trinajstić information content (AvgIpc) is 2.96. The van der Waals surface area contributed by atoms with Gasteiger partial charge in [-0.15, -0.1) is 0 Å². The molecule has 21 heavy (non-hydrogen) atoms. The molecule has 1 aromatic heterocycles. The molecule has 7 heteroatoms. The predicted octanol–water partition coefficient (Wildman–Crippen LogP) is 0.682. The van der Waals surface area contributed by atoms with Gasteiger partial charge in [-0.2, -0.15) is 0 Å². The summed E-state index contributed by atoms with van der Waals surface area (Å²) in [5, 5.41) is 5.44. The van der Waals surface area contributed by atoms with E-state index in [2.05, 4.69) is 15.6 Å². The SMILES string of the molecule is COCCNC(=O)CC1C(=O)Nc2nc3ccccc3n21. The summed E-state index contributed by atoms with van der Waals surface area (Å²) in [7, 11) is 1.57. The van der Waals surface area contributed by atoms with Crippen LogP contribution in [0.3, 0.4) is 0 Å². The van der Waals surface area contributed by atoms with Crippen LogP contribution < -0.4 is 10.6 Å². The fourth-order valence-electron chi connectivity index (χ4n) is 2.48. The van der Waals surface area contributed by atoms with Crippen LogP contribution in [-0.4, -0.2) is 41.6 Å². The molecule has 2 heterocycles. The maximum atomic E-state index is 12.0. The summed E-state index contributed by atoms with van der Waals surface area (Å²) in [4.78, 5) is 28.3. The molecule has 2 N–H and O–H groups in total. The number of carbonyl (C=O) groups excluding carboxylic acids is 2. The number of amides is 2. The number of aromatic nitrogens is 2.